The Morgan fingerprint density at radius 1 is 0.902 bits per heavy atom. The lowest BCUT2D eigenvalue weighted by molar-refractivity contribution is -0.274. The number of alkyl halides is 3. The van der Waals surface area contributed by atoms with Crippen LogP contribution in [0.1, 0.15) is 5.56 Å². The number of nitrogens with zero attached hydrogens (tertiary/aromatic N) is 1. The summed E-state index contributed by atoms with van der Waals surface area (Å²) in [4.78, 5) is 20.4. The Morgan fingerprint density at radius 3 is 2.46 bits per heavy atom. The van der Waals surface area contributed by atoms with Gasteiger partial charge in [0.2, 0.25) is 5.91 Å². The second-order valence-corrected chi connectivity index (χ2v) is 10.4. The van der Waals surface area contributed by atoms with Gasteiger partial charge in [0.1, 0.15) is 11.6 Å². The van der Waals surface area contributed by atoms with Crippen LogP contribution in [0.4, 0.5) is 24.5 Å². The monoisotopic (exact) mass is 578 g/mol. The summed E-state index contributed by atoms with van der Waals surface area (Å²) in [5.74, 6) is -0.435. The lowest BCUT2D eigenvalue weighted by atomic mass is 10.1. The molecule has 12 heteroatoms. The molecule has 0 aliphatic heterocycles. The van der Waals surface area contributed by atoms with Crippen LogP contribution in [-0.4, -0.2) is 30.7 Å². The zero-order valence-electron chi connectivity index (χ0n) is 21.0. The molecule has 0 atom stereocenters. The normalized spacial score (nSPS) is 12.0. The van der Waals surface area contributed by atoms with Gasteiger partial charge in [0, 0.05) is 17.7 Å². The number of carbonyl (C=O) groups excluding carboxylic acids is 1. The Hall–Kier alpha value is -5.10. The lowest BCUT2D eigenvalue weighted by Crippen LogP contribution is -2.17. The first-order valence-electron chi connectivity index (χ1n) is 12.1. The third-order valence-corrected chi connectivity index (χ3v) is 7.12. The summed E-state index contributed by atoms with van der Waals surface area (Å²) in [6.45, 7) is 0. The van der Waals surface area contributed by atoms with Crippen molar-refractivity contribution in [3.05, 3.63) is 109 Å². The Morgan fingerprint density at radius 2 is 1.66 bits per heavy atom. The maximum absolute atomic E-state index is 12.9. The van der Waals surface area contributed by atoms with Crippen LogP contribution in [0.5, 0.6) is 5.75 Å². The molecule has 0 saturated heterocycles. The number of hydrogen-bond donors (Lipinski definition) is 3. The predicted octanol–water partition coefficient (Wildman–Crippen LogP) is 6.58. The Bertz CT molecular complexity index is 1830. The topological polar surface area (TPSA) is 113 Å². The van der Waals surface area contributed by atoms with Crippen molar-refractivity contribution < 1.29 is 31.1 Å². The zero-order chi connectivity index (χ0) is 29.0. The molecule has 3 N–H and O–H groups in total. The van der Waals surface area contributed by atoms with E-state index in [4.69, 9.17) is 0 Å². The van der Waals surface area contributed by atoms with Gasteiger partial charge in [-0.1, -0.05) is 42.5 Å². The van der Waals surface area contributed by atoms with E-state index in [1.54, 1.807) is 18.2 Å². The Labute approximate surface area is 232 Å². The highest BCUT2D eigenvalue weighted by atomic mass is 32.2. The molecule has 0 radical (unpaired) electrons. The quantitative estimate of drug-likeness (QED) is 0.180. The summed E-state index contributed by atoms with van der Waals surface area (Å²) in [7, 11) is -4.16. The molecule has 1 aromatic heterocycles. The van der Waals surface area contributed by atoms with E-state index < -0.39 is 28.0 Å². The van der Waals surface area contributed by atoms with Crippen LogP contribution in [0.3, 0.4) is 0 Å². The number of hydrogen-bond acceptors (Lipinski definition) is 5. The smallest absolute Gasteiger partial charge is 0.406 e. The maximum Gasteiger partial charge on any atom is 0.573 e. The number of para-hydroxylation sites is 3. The Balaban J connectivity index is 1.30. The van der Waals surface area contributed by atoms with Gasteiger partial charge in [-0.15, -0.1) is 13.2 Å². The summed E-state index contributed by atoms with van der Waals surface area (Å²) in [5.41, 5.74) is 3.15. The number of amides is 1. The molecule has 0 unspecified atom stereocenters. The van der Waals surface area contributed by atoms with E-state index in [0.29, 0.717) is 22.6 Å². The van der Waals surface area contributed by atoms with Crippen LogP contribution < -0.4 is 14.8 Å². The number of nitrogens with one attached hydrogen (secondary N) is 3. The molecule has 0 saturated carbocycles. The summed E-state index contributed by atoms with van der Waals surface area (Å²) < 4.78 is 69.4. The third kappa shape index (κ3) is 6.92. The molecule has 208 valence electrons. The minimum atomic E-state index is -4.92. The molecule has 0 bridgehead atoms. The van der Waals surface area contributed by atoms with E-state index in [-0.39, 0.29) is 10.6 Å². The molecular formula is C29H21F3N4O4S. The van der Waals surface area contributed by atoms with Crippen molar-refractivity contribution in [2.75, 3.05) is 10.0 Å². The molecule has 1 amide bonds. The number of H-pyrrole nitrogens is 1. The molecule has 0 fully saturated rings. The van der Waals surface area contributed by atoms with Crippen LogP contribution in [-0.2, 0) is 14.8 Å². The van der Waals surface area contributed by atoms with Crippen LogP contribution in [0.2, 0.25) is 0 Å². The molecule has 4 aromatic carbocycles. The van der Waals surface area contributed by atoms with Crippen molar-refractivity contribution in [2.24, 2.45) is 0 Å². The molecule has 5 aromatic rings. The standard InChI is InChI=1S/C29H21F3N4O4S/c30-29(31,32)40-21-9-6-8-20(18-21)36-41(38,39)22-10-5-7-19(17-22)15-16-27(37)33-24-12-2-1-11-23(24)28-34-25-13-3-4-14-26(25)35-28/h1-18,36H,(H,33,37)(H,34,35)/b16-15+. The number of halogens is 3. The first-order chi connectivity index (χ1) is 19.6. The van der Waals surface area contributed by atoms with Crippen LogP contribution in [0.25, 0.3) is 28.5 Å². The van der Waals surface area contributed by atoms with Crippen LogP contribution in [0.15, 0.2) is 108 Å². The number of sulfonamides is 1. The van der Waals surface area contributed by atoms with Gasteiger partial charge in [0.15, 0.2) is 0 Å². The highest BCUT2D eigenvalue weighted by Gasteiger charge is 2.31. The van der Waals surface area contributed by atoms with Crippen molar-refractivity contribution >= 4 is 44.4 Å². The number of aromatic amines is 1. The largest absolute Gasteiger partial charge is 0.573 e. The minimum Gasteiger partial charge on any atom is -0.406 e. The number of rotatable bonds is 8. The molecule has 1 heterocycles. The van der Waals surface area contributed by atoms with Gasteiger partial charge in [-0.3, -0.25) is 9.52 Å². The van der Waals surface area contributed by atoms with Gasteiger partial charge in [-0.2, -0.15) is 0 Å². The van der Waals surface area contributed by atoms with Gasteiger partial charge in [0.25, 0.3) is 10.0 Å². The van der Waals surface area contributed by atoms with Gasteiger partial charge in [-0.05, 0) is 60.2 Å². The highest BCUT2D eigenvalue weighted by molar-refractivity contribution is 7.92. The number of imidazole rings is 1. The zero-order valence-corrected chi connectivity index (χ0v) is 21.8. The third-order valence-electron chi connectivity index (χ3n) is 5.74. The maximum atomic E-state index is 12.9. The number of aromatic nitrogens is 2. The van der Waals surface area contributed by atoms with E-state index >= 15 is 0 Å². The van der Waals surface area contributed by atoms with Gasteiger partial charge < -0.3 is 15.0 Å². The number of ether oxygens (including phenoxy) is 1. The van der Waals surface area contributed by atoms with Crippen molar-refractivity contribution in [3.8, 4) is 17.1 Å². The number of benzene rings is 4. The van der Waals surface area contributed by atoms with Crippen LogP contribution in [0, 0.1) is 0 Å². The summed E-state index contributed by atoms with van der Waals surface area (Å²) in [6, 6.07) is 24.9. The minimum absolute atomic E-state index is 0.116. The fourth-order valence-corrected chi connectivity index (χ4v) is 5.09. The van der Waals surface area contributed by atoms with E-state index in [2.05, 4.69) is 24.7 Å². The van der Waals surface area contributed by atoms with E-state index in [1.807, 2.05) is 36.4 Å². The Kier molecular flexibility index (Phi) is 7.49. The van der Waals surface area contributed by atoms with Crippen LogP contribution >= 0.6 is 0 Å². The second-order valence-electron chi connectivity index (χ2n) is 8.72. The highest BCUT2D eigenvalue weighted by Crippen LogP contribution is 2.28. The molecule has 8 nitrogen and oxygen atoms in total. The average molecular weight is 579 g/mol. The van der Waals surface area contributed by atoms with E-state index in [9.17, 15) is 26.4 Å². The predicted molar refractivity (Wildman–Crippen MR) is 150 cm³/mol. The molecule has 0 aliphatic carbocycles. The summed E-state index contributed by atoms with van der Waals surface area (Å²) in [6.07, 6.45) is -2.22. The second kappa shape index (κ2) is 11.2. The molecule has 0 spiro atoms. The van der Waals surface area contributed by atoms with Crippen molar-refractivity contribution in [3.63, 3.8) is 0 Å². The summed E-state index contributed by atoms with van der Waals surface area (Å²) in [5, 5.41) is 2.81. The first-order valence-corrected chi connectivity index (χ1v) is 13.6. The number of carbonyl (C=O) groups is 1. The fraction of sp³-hybridized carbons (Fsp3) is 0.0345. The molecule has 5 rings (SSSR count). The number of anilines is 2. The van der Waals surface area contributed by atoms with E-state index in [0.717, 1.165) is 23.2 Å². The molecule has 41 heavy (non-hydrogen) atoms. The first kappa shape index (κ1) is 27.5. The van der Waals surface area contributed by atoms with Gasteiger partial charge in [0.05, 0.1) is 27.3 Å². The van der Waals surface area contributed by atoms with E-state index in [1.165, 1.54) is 42.5 Å². The average Bonchev–Trinajstić information content (AvgIpc) is 3.36. The lowest BCUT2D eigenvalue weighted by Gasteiger charge is -2.12. The van der Waals surface area contributed by atoms with Crippen molar-refractivity contribution in [1.29, 1.82) is 0 Å². The molecule has 0 aliphatic rings. The van der Waals surface area contributed by atoms with Gasteiger partial charge >= 0.3 is 6.36 Å². The van der Waals surface area contributed by atoms with Crippen molar-refractivity contribution in [1.82, 2.24) is 9.97 Å². The number of fused-ring (bicyclic) bond motifs is 1. The van der Waals surface area contributed by atoms with Crippen molar-refractivity contribution in [2.45, 2.75) is 11.3 Å². The SMILES string of the molecule is O=C(/C=C/c1cccc(S(=O)(=O)Nc2cccc(OC(F)(F)F)c2)c1)Nc1ccccc1-c1nc2ccccc2[nH]1. The van der Waals surface area contributed by atoms with Gasteiger partial charge in [-0.25, -0.2) is 13.4 Å². The summed E-state index contributed by atoms with van der Waals surface area (Å²) >= 11 is 0. The fourth-order valence-electron chi connectivity index (χ4n) is 3.98. The molecular weight excluding hydrogens is 557 g/mol.